The number of carboxylic acid groups (broad SMARTS) is 1. The van der Waals surface area contributed by atoms with E-state index in [1.165, 1.54) is 0 Å². The second-order valence-corrected chi connectivity index (χ2v) is 4.83. The molecule has 1 N–H and O–H groups in total. The standard InChI is InChI=1S/C15H10ClNO3/c16-11-4-2-10(3-5-11)15-17-12-6-1-9(8-14(18)19)7-13(12)20-15/h1-7H,8H2,(H,18,19). The van der Waals surface area contributed by atoms with E-state index in [0.717, 1.165) is 5.56 Å². The van der Waals surface area contributed by atoms with Gasteiger partial charge in [0.25, 0.3) is 0 Å². The van der Waals surface area contributed by atoms with E-state index in [9.17, 15) is 4.79 Å². The van der Waals surface area contributed by atoms with E-state index in [2.05, 4.69) is 4.98 Å². The molecule has 0 radical (unpaired) electrons. The highest BCUT2D eigenvalue weighted by Gasteiger charge is 2.09. The van der Waals surface area contributed by atoms with Gasteiger partial charge >= 0.3 is 5.97 Å². The molecule has 0 bridgehead atoms. The third kappa shape index (κ3) is 2.51. The summed E-state index contributed by atoms with van der Waals surface area (Å²) >= 11 is 5.84. The summed E-state index contributed by atoms with van der Waals surface area (Å²) in [5.74, 6) is -0.383. The van der Waals surface area contributed by atoms with Crippen molar-refractivity contribution in [1.82, 2.24) is 4.98 Å². The molecule has 0 aliphatic carbocycles. The maximum atomic E-state index is 10.7. The molecule has 100 valence electrons. The molecule has 0 aliphatic heterocycles. The van der Waals surface area contributed by atoms with Crippen molar-refractivity contribution in [3.8, 4) is 11.5 Å². The van der Waals surface area contributed by atoms with Gasteiger partial charge in [0.15, 0.2) is 5.58 Å². The quantitative estimate of drug-likeness (QED) is 0.796. The van der Waals surface area contributed by atoms with E-state index < -0.39 is 5.97 Å². The Hall–Kier alpha value is -2.33. The summed E-state index contributed by atoms with van der Waals surface area (Å²) in [4.78, 5) is 15.1. The fourth-order valence-corrected chi connectivity index (χ4v) is 2.10. The summed E-state index contributed by atoms with van der Waals surface area (Å²) in [6.07, 6.45) is -0.0348. The smallest absolute Gasteiger partial charge is 0.307 e. The molecule has 3 rings (SSSR count). The van der Waals surface area contributed by atoms with Crippen LogP contribution in [-0.4, -0.2) is 16.1 Å². The van der Waals surface area contributed by atoms with Crippen LogP contribution in [0.3, 0.4) is 0 Å². The van der Waals surface area contributed by atoms with Gasteiger partial charge in [-0.3, -0.25) is 4.79 Å². The summed E-state index contributed by atoms with van der Waals surface area (Å²) in [5.41, 5.74) is 2.78. The Morgan fingerprint density at radius 1 is 1.20 bits per heavy atom. The summed E-state index contributed by atoms with van der Waals surface area (Å²) < 4.78 is 5.67. The van der Waals surface area contributed by atoms with Gasteiger partial charge in [0, 0.05) is 10.6 Å². The van der Waals surface area contributed by atoms with Crippen molar-refractivity contribution in [3.05, 3.63) is 53.1 Å². The molecule has 1 heterocycles. The Labute approximate surface area is 119 Å². The van der Waals surface area contributed by atoms with Crippen molar-refractivity contribution in [2.24, 2.45) is 0 Å². The highest BCUT2D eigenvalue weighted by atomic mass is 35.5. The van der Waals surface area contributed by atoms with E-state index in [-0.39, 0.29) is 6.42 Å². The minimum Gasteiger partial charge on any atom is -0.481 e. The maximum Gasteiger partial charge on any atom is 0.307 e. The largest absolute Gasteiger partial charge is 0.481 e. The van der Waals surface area contributed by atoms with Crippen LogP contribution >= 0.6 is 11.6 Å². The molecule has 0 spiro atoms. The Bertz CT molecular complexity index is 777. The van der Waals surface area contributed by atoms with E-state index in [4.69, 9.17) is 21.1 Å². The fourth-order valence-electron chi connectivity index (χ4n) is 1.97. The zero-order valence-corrected chi connectivity index (χ0v) is 11.1. The van der Waals surface area contributed by atoms with Gasteiger partial charge in [0.2, 0.25) is 5.89 Å². The Morgan fingerprint density at radius 3 is 2.65 bits per heavy atom. The minimum absolute atomic E-state index is 0.0348. The molecule has 0 saturated heterocycles. The van der Waals surface area contributed by atoms with Gasteiger partial charge in [-0.15, -0.1) is 0 Å². The first-order valence-corrected chi connectivity index (χ1v) is 6.37. The van der Waals surface area contributed by atoms with Crippen molar-refractivity contribution < 1.29 is 14.3 Å². The SMILES string of the molecule is O=C(O)Cc1ccc2nc(-c3ccc(Cl)cc3)oc2c1. The van der Waals surface area contributed by atoms with E-state index >= 15 is 0 Å². The first-order chi connectivity index (χ1) is 9.61. The molecule has 4 nitrogen and oxygen atoms in total. The predicted molar refractivity (Wildman–Crippen MR) is 75.8 cm³/mol. The summed E-state index contributed by atoms with van der Waals surface area (Å²) in [7, 11) is 0. The number of nitrogens with zero attached hydrogens (tertiary/aromatic N) is 1. The number of rotatable bonds is 3. The molecule has 5 heteroatoms. The van der Waals surface area contributed by atoms with Gasteiger partial charge in [-0.1, -0.05) is 17.7 Å². The predicted octanol–water partition coefficient (Wildman–Crippen LogP) is 3.78. The molecule has 0 fully saturated rings. The first-order valence-electron chi connectivity index (χ1n) is 5.99. The number of carboxylic acids is 1. The number of hydrogen-bond donors (Lipinski definition) is 1. The zero-order chi connectivity index (χ0) is 14.1. The van der Waals surface area contributed by atoms with E-state index in [0.29, 0.717) is 27.6 Å². The van der Waals surface area contributed by atoms with E-state index in [1.54, 1.807) is 30.3 Å². The lowest BCUT2D eigenvalue weighted by atomic mass is 10.1. The second kappa shape index (κ2) is 4.98. The van der Waals surface area contributed by atoms with Crippen molar-refractivity contribution >= 4 is 28.7 Å². The van der Waals surface area contributed by atoms with Crippen molar-refractivity contribution in [2.75, 3.05) is 0 Å². The van der Waals surface area contributed by atoms with Crippen LogP contribution in [0.1, 0.15) is 5.56 Å². The number of carbonyl (C=O) groups is 1. The van der Waals surface area contributed by atoms with Crippen LogP contribution < -0.4 is 0 Å². The summed E-state index contributed by atoms with van der Waals surface area (Å²) in [5, 5.41) is 9.44. The Balaban J connectivity index is 2.01. The summed E-state index contributed by atoms with van der Waals surface area (Å²) in [6, 6.07) is 12.4. The molecule has 0 unspecified atom stereocenters. The van der Waals surface area contributed by atoms with Crippen LogP contribution in [0.15, 0.2) is 46.9 Å². The lowest BCUT2D eigenvalue weighted by Crippen LogP contribution is -1.99. The molecule has 0 amide bonds. The maximum absolute atomic E-state index is 10.7. The molecular formula is C15H10ClNO3. The van der Waals surface area contributed by atoms with E-state index in [1.807, 2.05) is 12.1 Å². The van der Waals surface area contributed by atoms with Gasteiger partial charge in [0.1, 0.15) is 5.52 Å². The van der Waals surface area contributed by atoms with Gasteiger partial charge in [-0.2, -0.15) is 0 Å². The van der Waals surface area contributed by atoms with Gasteiger partial charge in [0.05, 0.1) is 6.42 Å². The molecule has 2 aromatic carbocycles. The molecule has 0 saturated carbocycles. The number of fused-ring (bicyclic) bond motifs is 1. The lowest BCUT2D eigenvalue weighted by Gasteiger charge is -1.95. The summed E-state index contributed by atoms with van der Waals surface area (Å²) in [6.45, 7) is 0. The zero-order valence-electron chi connectivity index (χ0n) is 10.3. The van der Waals surface area contributed by atoms with Gasteiger partial charge in [-0.25, -0.2) is 4.98 Å². The monoisotopic (exact) mass is 287 g/mol. The molecule has 0 atom stereocenters. The topological polar surface area (TPSA) is 63.3 Å². The normalized spacial score (nSPS) is 10.8. The van der Waals surface area contributed by atoms with Crippen LogP contribution in [-0.2, 0) is 11.2 Å². The van der Waals surface area contributed by atoms with Gasteiger partial charge in [-0.05, 0) is 42.0 Å². The lowest BCUT2D eigenvalue weighted by molar-refractivity contribution is -0.136. The first kappa shape index (κ1) is 12.7. The van der Waals surface area contributed by atoms with Crippen molar-refractivity contribution in [2.45, 2.75) is 6.42 Å². The minimum atomic E-state index is -0.873. The second-order valence-electron chi connectivity index (χ2n) is 4.40. The fraction of sp³-hybridized carbons (Fsp3) is 0.0667. The van der Waals surface area contributed by atoms with Crippen LogP contribution in [0, 0.1) is 0 Å². The number of hydrogen-bond acceptors (Lipinski definition) is 3. The Kier molecular flexibility index (Phi) is 3.16. The van der Waals surface area contributed by atoms with Gasteiger partial charge < -0.3 is 9.52 Å². The number of aliphatic carboxylic acids is 1. The highest BCUT2D eigenvalue weighted by Crippen LogP contribution is 2.26. The van der Waals surface area contributed by atoms with Crippen LogP contribution in [0.5, 0.6) is 0 Å². The Morgan fingerprint density at radius 2 is 1.95 bits per heavy atom. The van der Waals surface area contributed by atoms with Crippen LogP contribution in [0.25, 0.3) is 22.6 Å². The number of oxazole rings is 1. The molecule has 20 heavy (non-hydrogen) atoms. The van der Waals surface area contributed by atoms with Crippen LogP contribution in [0.2, 0.25) is 5.02 Å². The molecule has 1 aromatic heterocycles. The number of halogens is 1. The number of aromatic nitrogens is 1. The highest BCUT2D eigenvalue weighted by molar-refractivity contribution is 6.30. The average Bonchev–Trinajstić information content (AvgIpc) is 2.81. The van der Waals surface area contributed by atoms with Crippen molar-refractivity contribution in [1.29, 1.82) is 0 Å². The molecular weight excluding hydrogens is 278 g/mol. The molecule has 0 aliphatic rings. The third-order valence-corrected chi connectivity index (χ3v) is 3.15. The van der Waals surface area contributed by atoms with Crippen LogP contribution in [0.4, 0.5) is 0 Å². The average molecular weight is 288 g/mol. The van der Waals surface area contributed by atoms with Crippen molar-refractivity contribution in [3.63, 3.8) is 0 Å². The number of benzene rings is 2. The molecule has 3 aromatic rings. The third-order valence-electron chi connectivity index (χ3n) is 2.90.